The van der Waals surface area contributed by atoms with Crippen LogP contribution >= 0.6 is 0 Å². The Morgan fingerprint density at radius 1 is 1.03 bits per heavy atom. The average Bonchev–Trinajstić information content (AvgIpc) is 3.44. The molecular formula is C26H24N2O6. The number of carboxylic acid groups (broad SMARTS) is 1. The molecule has 34 heavy (non-hydrogen) atoms. The van der Waals surface area contributed by atoms with Crippen LogP contribution in [0.2, 0.25) is 0 Å². The van der Waals surface area contributed by atoms with Crippen molar-refractivity contribution in [1.82, 2.24) is 10.6 Å². The van der Waals surface area contributed by atoms with E-state index in [4.69, 9.17) is 14.3 Å². The molecule has 174 valence electrons. The van der Waals surface area contributed by atoms with Gasteiger partial charge in [0.15, 0.2) is 5.76 Å². The molecule has 1 heterocycles. The lowest BCUT2D eigenvalue weighted by atomic mass is 9.98. The molecule has 0 aliphatic heterocycles. The minimum atomic E-state index is -1.17. The summed E-state index contributed by atoms with van der Waals surface area (Å²) in [5, 5.41) is 14.1. The number of benzene rings is 2. The van der Waals surface area contributed by atoms with Gasteiger partial charge in [-0.05, 0) is 40.8 Å². The minimum absolute atomic E-state index is 0.0129. The van der Waals surface area contributed by atoms with Crippen LogP contribution in [0, 0.1) is 0 Å². The van der Waals surface area contributed by atoms with Crippen molar-refractivity contribution in [3.8, 4) is 11.1 Å². The highest BCUT2D eigenvalue weighted by atomic mass is 16.5. The molecule has 0 radical (unpaired) electrons. The van der Waals surface area contributed by atoms with Gasteiger partial charge in [0.05, 0.1) is 6.54 Å². The van der Waals surface area contributed by atoms with Gasteiger partial charge in [0.1, 0.15) is 18.4 Å². The fraction of sp³-hybridized carbons (Fsp3) is 0.192. The molecule has 4 rings (SSSR count). The number of carboxylic acids is 1. The van der Waals surface area contributed by atoms with Crippen molar-refractivity contribution in [2.75, 3.05) is 6.61 Å². The molecule has 2 aromatic carbocycles. The molecule has 0 saturated heterocycles. The van der Waals surface area contributed by atoms with Gasteiger partial charge in [-0.25, -0.2) is 9.59 Å². The fourth-order valence-electron chi connectivity index (χ4n) is 4.02. The number of carbonyl (C=O) groups is 3. The van der Waals surface area contributed by atoms with Crippen LogP contribution in [0.3, 0.4) is 0 Å². The van der Waals surface area contributed by atoms with E-state index in [0.717, 1.165) is 22.3 Å². The number of alkyl carbamates (subject to hydrolysis) is 1. The monoisotopic (exact) mass is 460 g/mol. The summed E-state index contributed by atoms with van der Waals surface area (Å²) in [7, 11) is 0. The smallest absolute Gasteiger partial charge is 0.407 e. The second-order valence-electron chi connectivity index (χ2n) is 7.83. The Morgan fingerprint density at radius 2 is 1.68 bits per heavy atom. The van der Waals surface area contributed by atoms with Gasteiger partial charge in [0, 0.05) is 5.92 Å². The zero-order chi connectivity index (χ0) is 24.1. The lowest BCUT2D eigenvalue weighted by Crippen LogP contribution is -2.40. The number of ether oxygens (including phenoxy) is 1. The highest BCUT2D eigenvalue weighted by molar-refractivity contribution is 5.94. The Bertz CT molecular complexity index is 1190. The molecule has 3 aromatic rings. The van der Waals surface area contributed by atoms with E-state index in [1.807, 2.05) is 36.4 Å². The zero-order valence-corrected chi connectivity index (χ0v) is 18.3. The van der Waals surface area contributed by atoms with Gasteiger partial charge in [-0.1, -0.05) is 54.6 Å². The van der Waals surface area contributed by atoms with Crippen LogP contribution in [0.5, 0.6) is 0 Å². The summed E-state index contributed by atoms with van der Waals surface area (Å²) in [6.07, 6.45) is 0.879. The van der Waals surface area contributed by atoms with Gasteiger partial charge >= 0.3 is 12.1 Å². The molecule has 1 aliphatic carbocycles. The maximum atomic E-state index is 12.3. The first-order valence-electron chi connectivity index (χ1n) is 10.8. The van der Waals surface area contributed by atoms with Crippen LogP contribution < -0.4 is 10.6 Å². The number of fused-ring (bicyclic) bond motifs is 3. The molecular weight excluding hydrogens is 436 g/mol. The summed E-state index contributed by atoms with van der Waals surface area (Å²) < 4.78 is 10.9. The number of amides is 2. The highest BCUT2D eigenvalue weighted by Crippen LogP contribution is 2.44. The summed E-state index contributed by atoms with van der Waals surface area (Å²) in [4.78, 5) is 35.7. The third-order valence-electron chi connectivity index (χ3n) is 5.64. The van der Waals surface area contributed by atoms with Crippen molar-refractivity contribution in [1.29, 1.82) is 0 Å². The van der Waals surface area contributed by atoms with Crippen molar-refractivity contribution in [3.05, 3.63) is 96.0 Å². The Hall–Kier alpha value is -4.33. The zero-order valence-electron chi connectivity index (χ0n) is 18.3. The van der Waals surface area contributed by atoms with Crippen molar-refractivity contribution < 1.29 is 28.6 Å². The molecule has 0 fully saturated rings. The van der Waals surface area contributed by atoms with E-state index in [1.54, 1.807) is 0 Å². The summed E-state index contributed by atoms with van der Waals surface area (Å²) in [6.45, 7) is 3.68. The summed E-state index contributed by atoms with van der Waals surface area (Å²) in [6, 6.07) is 18.0. The summed E-state index contributed by atoms with van der Waals surface area (Å²) >= 11 is 0. The third-order valence-corrected chi connectivity index (χ3v) is 5.64. The van der Waals surface area contributed by atoms with E-state index in [-0.39, 0.29) is 31.3 Å². The number of carbonyl (C=O) groups excluding carboxylic acids is 2. The largest absolute Gasteiger partial charge is 0.480 e. The topological polar surface area (TPSA) is 118 Å². The minimum Gasteiger partial charge on any atom is -0.480 e. The van der Waals surface area contributed by atoms with E-state index in [1.165, 1.54) is 18.2 Å². The molecule has 3 N–H and O–H groups in total. The lowest BCUT2D eigenvalue weighted by Gasteiger charge is -2.14. The van der Waals surface area contributed by atoms with Crippen LogP contribution in [-0.2, 0) is 16.1 Å². The first-order chi connectivity index (χ1) is 16.5. The van der Waals surface area contributed by atoms with Crippen LogP contribution in [-0.4, -0.2) is 35.7 Å². The van der Waals surface area contributed by atoms with Crippen molar-refractivity contribution in [2.45, 2.75) is 24.9 Å². The summed E-state index contributed by atoms with van der Waals surface area (Å²) in [5.74, 6) is -1.61. The highest BCUT2D eigenvalue weighted by Gasteiger charge is 2.29. The maximum Gasteiger partial charge on any atom is 0.407 e. The van der Waals surface area contributed by atoms with E-state index in [2.05, 4.69) is 29.3 Å². The molecule has 1 aromatic heterocycles. The van der Waals surface area contributed by atoms with Gasteiger partial charge in [-0.3, -0.25) is 4.79 Å². The molecule has 0 saturated carbocycles. The van der Waals surface area contributed by atoms with Gasteiger partial charge in [0.25, 0.3) is 5.91 Å². The molecule has 1 aliphatic rings. The van der Waals surface area contributed by atoms with Gasteiger partial charge in [-0.2, -0.15) is 0 Å². The maximum absolute atomic E-state index is 12.3. The number of hydrogen-bond donors (Lipinski definition) is 3. The molecule has 0 bridgehead atoms. The summed E-state index contributed by atoms with van der Waals surface area (Å²) in [5.41, 5.74) is 4.53. The predicted octanol–water partition coefficient (Wildman–Crippen LogP) is 4.08. The van der Waals surface area contributed by atoms with Crippen LogP contribution in [0.15, 0.2) is 77.7 Å². The molecule has 2 amide bonds. The third kappa shape index (κ3) is 4.85. The molecule has 8 heteroatoms. The Morgan fingerprint density at radius 3 is 2.29 bits per heavy atom. The Kier molecular flexibility index (Phi) is 6.77. The van der Waals surface area contributed by atoms with Crippen molar-refractivity contribution in [2.24, 2.45) is 0 Å². The second kappa shape index (κ2) is 10.1. The van der Waals surface area contributed by atoms with Crippen LogP contribution in [0.4, 0.5) is 4.79 Å². The van der Waals surface area contributed by atoms with Crippen LogP contribution in [0.25, 0.3) is 11.1 Å². The number of furan rings is 1. The molecule has 8 nitrogen and oxygen atoms in total. The second-order valence-corrected chi connectivity index (χ2v) is 7.83. The quantitative estimate of drug-likeness (QED) is 0.414. The molecule has 1 unspecified atom stereocenters. The standard InChI is InChI=1S/C26H24N2O6/c1-2-7-22(25(30)31)28-24(29)23-13-12-16(34-23)14-27-26(32)33-15-21-19-10-5-3-8-17(19)18-9-4-6-11-20(18)21/h2-6,8-13,21-22H,1,7,14-15H2,(H,27,32)(H,28,29)(H,30,31). The fourth-order valence-corrected chi connectivity index (χ4v) is 4.02. The Balaban J connectivity index is 1.31. The van der Waals surface area contributed by atoms with E-state index in [9.17, 15) is 14.4 Å². The predicted molar refractivity (Wildman–Crippen MR) is 124 cm³/mol. The van der Waals surface area contributed by atoms with Crippen molar-refractivity contribution in [3.63, 3.8) is 0 Å². The van der Waals surface area contributed by atoms with E-state index in [0.29, 0.717) is 5.76 Å². The van der Waals surface area contributed by atoms with Gasteiger partial charge < -0.3 is 24.9 Å². The Labute approximate surface area is 196 Å². The number of aliphatic carboxylic acids is 1. The van der Waals surface area contributed by atoms with E-state index < -0.39 is 24.0 Å². The normalized spacial score (nSPS) is 12.8. The molecule has 0 spiro atoms. The van der Waals surface area contributed by atoms with Crippen LogP contribution in [0.1, 0.15) is 39.8 Å². The lowest BCUT2D eigenvalue weighted by molar-refractivity contribution is -0.139. The van der Waals surface area contributed by atoms with Gasteiger partial charge in [0.2, 0.25) is 0 Å². The first-order valence-corrected chi connectivity index (χ1v) is 10.8. The molecule has 1 atom stereocenters. The SMILES string of the molecule is C=CCC(NC(=O)c1ccc(CNC(=O)OCC2c3ccccc3-c3ccccc32)o1)C(=O)O. The number of rotatable bonds is 9. The average molecular weight is 460 g/mol. The number of hydrogen-bond acceptors (Lipinski definition) is 5. The van der Waals surface area contributed by atoms with Gasteiger partial charge in [-0.15, -0.1) is 6.58 Å². The van der Waals surface area contributed by atoms with Crippen molar-refractivity contribution >= 4 is 18.0 Å². The number of nitrogens with one attached hydrogen (secondary N) is 2. The first kappa shape index (κ1) is 22.8. The van der Waals surface area contributed by atoms with E-state index >= 15 is 0 Å².